The third kappa shape index (κ3) is 5.88. The van der Waals surface area contributed by atoms with E-state index in [1.165, 1.54) is 18.2 Å². The molecular weight excluding hydrogens is 238 g/mol. The van der Waals surface area contributed by atoms with Crippen LogP contribution in [0.5, 0.6) is 0 Å². The van der Waals surface area contributed by atoms with Gasteiger partial charge in [-0.1, -0.05) is 36.8 Å². The quantitative estimate of drug-likeness (QED) is 0.769. The van der Waals surface area contributed by atoms with Crippen LogP contribution in [-0.4, -0.2) is 25.2 Å². The van der Waals surface area contributed by atoms with E-state index in [-0.39, 0.29) is 12.0 Å². The Hall–Kier alpha value is -1.35. The third-order valence-electron chi connectivity index (χ3n) is 3.38. The fourth-order valence-corrected chi connectivity index (χ4v) is 2.00. The number of hydrogen-bond acceptors (Lipinski definition) is 3. The zero-order valence-corrected chi connectivity index (χ0v) is 12.4. The maximum atomic E-state index is 11.5. The highest BCUT2D eigenvalue weighted by atomic mass is 16.5. The summed E-state index contributed by atoms with van der Waals surface area (Å²) in [5, 5.41) is 3.49. The number of carbonyl (C=O) groups excluding carboxylic acids is 1. The number of esters is 1. The number of ether oxygens (including phenoxy) is 1. The van der Waals surface area contributed by atoms with Crippen LogP contribution in [0.1, 0.15) is 37.8 Å². The number of rotatable bonds is 7. The number of aryl methyl sites for hydroxylation is 1. The Morgan fingerprint density at radius 1 is 1.32 bits per heavy atom. The monoisotopic (exact) mass is 263 g/mol. The molecule has 0 heterocycles. The first-order valence-electron chi connectivity index (χ1n) is 6.93. The first-order chi connectivity index (χ1) is 9.05. The van der Waals surface area contributed by atoms with Crippen molar-refractivity contribution >= 4 is 5.97 Å². The molecule has 1 N–H and O–H groups in total. The van der Waals surface area contributed by atoms with E-state index in [9.17, 15) is 4.79 Å². The molecule has 0 aliphatic carbocycles. The van der Waals surface area contributed by atoms with Crippen LogP contribution in [0.2, 0.25) is 0 Å². The molecule has 19 heavy (non-hydrogen) atoms. The third-order valence-corrected chi connectivity index (χ3v) is 3.38. The SMILES string of the molecule is CCC(C)NC(CC(=O)OC)Cc1ccc(C)cc1. The van der Waals surface area contributed by atoms with Gasteiger partial charge in [0.25, 0.3) is 0 Å². The van der Waals surface area contributed by atoms with Crippen LogP contribution in [0.25, 0.3) is 0 Å². The lowest BCUT2D eigenvalue weighted by atomic mass is 10.0. The lowest BCUT2D eigenvalue weighted by molar-refractivity contribution is -0.141. The van der Waals surface area contributed by atoms with E-state index in [0.29, 0.717) is 12.5 Å². The molecule has 0 aliphatic heterocycles. The Balaban J connectivity index is 2.66. The van der Waals surface area contributed by atoms with Crippen LogP contribution in [0, 0.1) is 6.92 Å². The average Bonchev–Trinajstić information content (AvgIpc) is 2.40. The maximum Gasteiger partial charge on any atom is 0.307 e. The topological polar surface area (TPSA) is 38.3 Å². The van der Waals surface area contributed by atoms with Gasteiger partial charge in [0.15, 0.2) is 0 Å². The summed E-state index contributed by atoms with van der Waals surface area (Å²) in [6, 6.07) is 8.99. The molecule has 106 valence electrons. The zero-order chi connectivity index (χ0) is 14.3. The Bertz CT molecular complexity index is 386. The van der Waals surface area contributed by atoms with Crippen molar-refractivity contribution in [2.75, 3.05) is 7.11 Å². The number of methoxy groups -OCH3 is 1. The minimum atomic E-state index is -0.159. The summed E-state index contributed by atoms with van der Waals surface area (Å²) in [4.78, 5) is 11.5. The molecular formula is C16H25NO2. The Labute approximate surface area is 116 Å². The fourth-order valence-electron chi connectivity index (χ4n) is 2.00. The largest absolute Gasteiger partial charge is 0.469 e. The number of hydrogen-bond donors (Lipinski definition) is 1. The van der Waals surface area contributed by atoms with Crippen molar-refractivity contribution in [1.82, 2.24) is 5.32 Å². The summed E-state index contributed by atoms with van der Waals surface area (Å²) in [6.07, 6.45) is 2.31. The second-order valence-corrected chi connectivity index (χ2v) is 5.14. The van der Waals surface area contributed by atoms with E-state index < -0.39 is 0 Å². The summed E-state index contributed by atoms with van der Waals surface area (Å²) in [7, 11) is 1.44. The molecule has 0 spiro atoms. The molecule has 0 saturated heterocycles. The van der Waals surface area contributed by atoms with E-state index in [1.54, 1.807) is 0 Å². The molecule has 1 rings (SSSR count). The number of benzene rings is 1. The minimum absolute atomic E-state index is 0.130. The van der Waals surface area contributed by atoms with Gasteiger partial charge in [-0.3, -0.25) is 4.79 Å². The molecule has 1 aromatic rings. The summed E-state index contributed by atoms with van der Waals surface area (Å²) in [6.45, 7) is 6.35. The average molecular weight is 263 g/mol. The van der Waals surface area contributed by atoms with Gasteiger partial charge in [0.05, 0.1) is 13.5 Å². The predicted molar refractivity (Wildman–Crippen MR) is 78.2 cm³/mol. The van der Waals surface area contributed by atoms with Gasteiger partial charge in [0.2, 0.25) is 0 Å². The highest BCUT2D eigenvalue weighted by Crippen LogP contribution is 2.10. The van der Waals surface area contributed by atoms with Crippen LogP contribution in [0.4, 0.5) is 0 Å². The van der Waals surface area contributed by atoms with Crippen molar-refractivity contribution < 1.29 is 9.53 Å². The smallest absolute Gasteiger partial charge is 0.307 e. The molecule has 0 fully saturated rings. The number of carbonyl (C=O) groups is 1. The molecule has 3 nitrogen and oxygen atoms in total. The Morgan fingerprint density at radius 2 is 1.95 bits per heavy atom. The first kappa shape index (κ1) is 15.7. The molecule has 0 saturated carbocycles. The molecule has 0 amide bonds. The van der Waals surface area contributed by atoms with Gasteiger partial charge in [-0.15, -0.1) is 0 Å². The molecule has 2 atom stereocenters. The van der Waals surface area contributed by atoms with Crippen LogP contribution in [0.3, 0.4) is 0 Å². The van der Waals surface area contributed by atoms with Crippen molar-refractivity contribution in [3.63, 3.8) is 0 Å². The van der Waals surface area contributed by atoms with E-state index >= 15 is 0 Å². The second-order valence-electron chi connectivity index (χ2n) is 5.14. The van der Waals surface area contributed by atoms with Crippen molar-refractivity contribution in [2.45, 2.75) is 52.1 Å². The molecule has 3 heteroatoms. The van der Waals surface area contributed by atoms with Crippen molar-refractivity contribution in [3.05, 3.63) is 35.4 Å². The van der Waals surface area contributed by atoms with Gasteiger partial charge in [-0.2, -0.15) is 0 Å². The second kappa shape index (κ2) is 7.95. The highest BCUT2D eigenvalue weighted by Gasteiger charge is 2.16. The lowest BCUT2D eigenvalue weighted by Crippen LogP contribution is -2.39. The van der Waals surface area contributed by atoms with Crippen LogP contribution < -0.4 is 5.32 Å². The standard InChI is InChI=1S/C16H25NO2/c1-5-13(3)17-15(11-16(18)19-4)10-14-8-6-12(2)7-9-14/h6-9,13,15,17H,5,10-11H2,1-4H3. The molecule has 0 bridgehead atoms. The van der Waals surface area contributed by atoms with Gasteiger partial charge in [0, 0.05) is 12.1 Å². The van der Waals surface area contributed by atoms with Crippen molar-refractivity contribution in [2.24, 2.45) is 0 Å². The first-order valence-corrected chi connectivity index (χ1v) is 6.93. The van der Waals surface area contributed by atoms with Gasteiger partial charge >= 0.3 is 5.97 Å². The maximum absolute atomic E-state index is 11.5. The van der Waals surface area contributed by atoms with Crippen LogP contribution >= 0.6 is 0 Å². The molecule has 0 aromatic heterocycles. The molecule has 2 unspecified atom stereocenters. The summed E-state index contributed by atoms with van der Waals surface area (Å²) in [5.41, 5.74) is 2.50. The minimum Gasteiger partial charge on any atom is -0.469 e. The van der Waals surface area contributed by atoms with Crippen LogP contribution in [-0.2, 0) is 16.0 Å². The van der Waals surface area contributed by atoms with Gasteiger partial charge < -0.3 is 10.1 Å². The Kier molecular flexibility index (Phi) is 6.57. The van der Waals surface area contributed by atoms with Crippen molar-refractivity contribution in [3.8, 4) is 0 Å². The zero-order valence-electron chi connectivity index (χ0n) is 12.4. The normalized spacial score (nSPS) is 13.9. The molecule has 1 aromatic carbocycles. The van der Waals surface area contributed by atoms with E-state index in [1.807, 2.05) is 0 Å². The summed E-state index contributed by atoms with van der Waals surface area (Å²) >= 11 is 0. The summed E-state index contributed by atoms with van der Waals surface area (Å²) in [5.74, 6) is -0.159. The Morgan fingerprint density at radius 3 is 2.47 bits per heavy atom. The van der Waals surface area contributed by atoms with Crippen LogP contribution in [0.15, 0.2) is 24.3 Å². The van der Waals surface area contributed by atoms with E-state index in [4.69, 9.17) is 4.74 Å². The van der Waals surface area contributed by atoms with Gasteiger partial charge in [-0.25, -0.2) is 0 Å². The number of nitrogens with one attached hydrogen (secondary N) is 1. The predicted octanol–water partition coefficient (Wildman–Crippen LogP) is 2.86. The van der Waals surface area contributed by atoms with Gasteiger partial charge in [0.1, 0.15) is 0 Å². The summed E-state index contributed by atoms with van der Waals surface area (Å²) < 4.78 is 4.77. The fraction of sp³-hybridized carbons (Fsp3) is 0.562. The van der Waals surface area contributed by atoms with E-state index in [2.05, 4.69) is 50.4 Å². The van der Waals surface area contributed by atoms with Gasteiger partial charge in [-0.05, 0) is 32.3 Å². The molecule has 0 radical (unpaired) electrons. The molecule has 0 aliphatic rings. The van der Waals surface area contributed by atoms with E-state index in [0.717, 1.165) is 12.8 Å². The van der Waals surface area contributed by atoms with Crippen molar-refractivity contribution in [1.29, 1.82) is 0 Å². The lowest BCUT2D eigenvalue weighted by Gasteiger charge is -2.22. The highest BCUT2D eigenvalue weighted by molar-refractivity contribution is 5.70.